The Bertz CT molecular complexity index is 1400. The first kappa shape index (κ1) is 36.5. The van der Waals surface area contributed by atoms with Crippen molar-refractivity contribution >= 4 is 17.6 Å². The molecule has 2 saturated heterocycles. The minimum Gasteiger partial charge on any atom is -0.491 e. The number of β-amino-alcohol motifs (C(OH)–C–C–N with tert-alkyl or cyclic N) is 1. The number of aliphatic hydroxyl groups is 1. The van der Waals surface area contributed by atoms with Crippen LogP contribution in [-0.4, -0.2) is 102 Å². The highest BCUT2D eigenvalue weighted by Crippen LogP contribution is 2.36. The molecule has 3 fully saturated rings. The van der Waals surface area contributed by atoms with Gasteiger partial charge in [0.1, 0.15) is 23.8 Å². The fourth-order valence-corrected chi connectivity index (χ4v) is 8.21. The van der Waals surface area contributed by atoms with Gasteiger partial charge in [0, 0.05) is 70.0 Å². The van der Waals surface area contributed by atoms with Crippen molar-refractivity contribution in [3.8, 4) is 5.75 Å². The maximum Gasteiger partial charge on any atom is 0.251 e. The molecule has 4 heterocycles. The fourth-order valence-electron chi connectivity index (χ4n) is 8.21. The molecule has 0 radical (unpaired) electrons. The van der Waals surface area contributed by atoms with Crippen LogP contribution < -0.4 is 20.7 Å². The van der Waals surface area contributed by atoms with Crippen molar-refractivity contribution in [3.63, 3.8) is 0 Å². The second-order valence-electron chi connectivity index (χ2n) is 14.8. The summed E-state index contributed by atoms with van der Waals surface area (Å²) in [7, 11) is 0. The molecule has 4 aliphatic rings. The zero-order chi connectivity index (χ0) is 34.8. The Labute approximate surface area is 297 Å². The summed E-state index contributed by atoms with van der Waals surface area (Å²) in [5.74, 6) is 2.03. The van der Waals surface area contributed by atoms with Crippen LogP contribution in [0.4, 0.5) is 5.82 Å². The number of hydrogen-bond acceptors (Lipinski definition) is 9. The smallest absolute Gasteiger partial charge is 0.251 e. The maximum atomic E-state index is 13.0. The van der Waals surface area contributed by atoms with Gasteiger partial charge in [-0.3, -0.25) is 19.8 Å². The summed E-state index contributed by atoms with van der Waals surface area (Å²) in [4.78, 5) is 33.5. The number of anilines is 1. The third-order valence-corrected chi connectivity index (χ3v) is 11.2. The van der Waals surface area contributed by atoms with E-state index in [1.165, 1.54) is 62.5 Å². The maximum absolute atomic E-state index is 13.0. The van der Waals surface area contributed by atoms with Crippen molar-refractivity contribution in [2.24, 2.45) is 5.92 Å². The first-order chi connectivity index (χ1) is 24.4. The third-order valence-electron chi connectivity index (χ3n) is 11.2. The van der Waals surface area contributed by atoms with Crippen LogP contribution in [0.2, 0.25) is 0 Å². The Hall–Kier alpha value is -3.25. The molecule has 1 aromatic heterocycles. The number of aliphatic hydroxyl groups excluding tert-OH is 1. The molecule has 1 aliphatic carbocycles. The number of nitrogens with one attached hydrogen (secondary N) is 3. The summed E-state index contributed by atoms with van der Waals surface area (Å²) in [6, 6.07) is 10.1. The molecular weight excluding hydrogens is 632 g/mol. The Morgan fingerprint density at radius 2 is 1.82 bits per heavy atom. The second kappa shape index (κ2) is 17.8. The van der Waals surface area contributed by atoms with Gasteiger partial charge in [-0.15, -0.1) is 0 Å². The Morgan fingerprint density at radius 1 is 1.04 bits per heavy atom. The lowest BCUT2D eigenvalue weighted by Crippen LogP contribution is -2.47. The minimum absolute atomic E-state index is 0.170. The highest BCUT2D eigenvalue weighted by molar-refractivity contribution is 5.94. The number of carbonyl (C=O) groups is 2. The molecule has 274 valence electrons. The van der Waals surface area contributed by atoms with Crippen molar-refractivity contribution < 1.29 is 24.2 Å². The number of nitrogens with zero attached hydrogens (tertiary/aromatic N) is 3. The standard InChI is InChI=1S/C39H58N6O5/c1-2-37(47)45-19-15-33(16-20-45)43-36-22-30(13-17-41-36)38(48)42-23-34(46)25-44-18-14-29-21-35(12-11-31(29)24-44)49-27-39(26-40-28-50-39)32-9-7-5-3-4-6-8-10-32/h11-13,17,21-22,32-34,40,46H,2-10,14-16,18-20,23-28H2,1H3,(H,41,43)(H,42,48)/t34-,39?/m0/s1. The van der Waals surface area contributed by atoms with Gasteiger partial charge in [-0.1, -0.05) is 51.5 Å². The summed E-state index contributed by atoms with van der Waals surface area (Å²) >= 11 is 0. The van der Waals surface area contributed by atoms with E-state index >= 15 is 0 Å². The molecule has 11 heteroatoms. The van der Waals surface area contributed by atoms with Gasteiger partial charge in [0.05, 0.1) is 12.8 Å². The summed E-state index contributed by atoms with van der Waals surface area (Å²) in [6.07, 6.45) is 14.4. The van der Waals surface area contributed by atoms with Crippen LogP contribution in [0.15, 0.2) is 36.5 Å². The number of likely N-dealkylation sites (tertiary alicyclic amines) is 1. The van der Waals surface area contributed by atoms with Gasteiger partial charge in [0.2, 0.25) is 5.91 Å². The molecule has 1 aromatic carbocycles. The molecule has 1 saturated carbocycles. The first-order valence-corrected chi connectivity index (χ1v) is 19.2. The van der Waals surface area contributed by atoms with E-state index in [2.05, 4.69) is 44.0 Å². The topological polar surface area (TPSA) is 128 Å². The lowest BCUT2D eigenvalue weighted by atomic mass is 9.81. The summed E-state index contributed by atoms with van der Waals surface area (Å²) < 4.78 is 12.9. The summed E-state index contributed by atoms with van der Waals surface area (Å²) in [5, 5.41) is 20.6. The van der Waals surface area contributed by atoms with Crippen molar-refractivity contribution in [1.82, 2.24) is 25.4 Å². The fraction of sp³-hybridized carbons (Fsp3) is 0.667. The molecule has 6 rings (SSSR count). The lowest BCUT2D eigenvalue weighted by Gasteiger charge is -2.36. The number of amides is 2. The van der Waals surface area contributed by atoms with Gasteiger partial charge in [-0.25, -0.2) is 4.98 Å². The Kier molecular flexibility index (Phi) is 13.0. The molecule has 3 aliphatic heterocycles. The Morgan fingerprint density at radius 3 is 2.56 bits per heavy atom. The summed E-state index contributed by atoms with van der Waals surface area (Å²) in [6.45, 7) is 7.63. The van der Waals surface area contributed by atoms with Gasteiger partial charge in [0.25, 0.3) is 5.91 Å². The number of ether oxygens (including phenoxy) is 2. The first-order valence-electron chi connectivity index (χ1n) is 19.2. The Balaban J connectivity index is 0.942. The number of hydrogen-bond donors (Lipinski definition) is 4. The van der Waals surface area contributed by atoms with E-state index in [9.17, 15) is 14.7 Å². The molecule has 2 aromatic rings. The lowest BCUT2D eigenvalue weighted by molar-refractivity contribution is -0.131. The molecule has 2 amide bonds. The van der Waals surface area contributed by atoms with Crippen molar-refractivity contribution in [1.29, 1.82) is 0 Å². The van der Waals surface area contributed by atoms with Crippen molar-refractivity contribution in [3.05, 3.63) is 53.2 Å². The number of carbonyl (C=O) groups excluding carboxylic acids is 2. The second-order valence-corrected chi connectivity index (χ2v) is 14.8. The number of piperidine rings is 1. The average molecular weight is 691 g/mol. The third kappa shape index (κ3) is 9.75. The zero-order valence-electron chi connectivity index (χ0n) is 30.0. The van der Waals surface area contributed by atoms with Crippen LogP contribution in [0.3, 0.4) is 0 Å². The van der Waals surface area contributed by atoms with E-state index in [0.717, 1.165) is 57.7 Å². The van der Waals surface area contributed by atoms with Crippen molar-refractivity contribution in [2.45, 2.75) is 108 Å². The van der Waals surface area contributed by atoms with Crippen LogP contribution >= 0.6 is 0 Å². The monoisotopic (exact) mass is 690 g/mol. The average Bonchev–Trinajstić information content (AvgIpc) is 3.67. The van der Waals surface area contributed by atoms with Crippen LogP contribution in [0.25, 0.3) is 0 Å². The van der Waals surface area contributed by atoms with E-state index in [1.54, 1.807) is 18.3 Å². The highest BCUT2D eigenvalue weighted by atomic mass is 16.6. The van der Waals surface area contributed by atoms with E-state index in [-0.39, 0.29) is 30.0 Å². The SMILES string of the molecule is CCC(=O)N1CCC(Nc2cc(C(=O)NC[C@H](O)CN3CCc4cc(OCC5(C6CCCCCCCC6)CNCO5)ccc4C3)ccn2)CC1. The van der Waals surface area contributed by atoms with Crippen LogP contribution in [0.5, 0.6) is 5.75 Å². The molecular formula is C39H58N6O5. The molecule has 11 nitrogen and oxygen atoms in total. The highest BCUT2D eigenvalue weighted by Gasteiger charge is 2.43. The molecule has 1 unspecified atom stereocenters. The number of rotatable bonds is 12. The molecule has 0 spiro atoms. The molecule has 2 atom stereocenters. The van der Waals surface area contributed by atoms with E-state index < -0.39 is 6.10 Å². The van der Waals surface area contributed by atoms with Crippen LogP contribution in [0.1, 0.15) is 99.0 Å². The largest absolute Gasteiger partial charge is 0.491 e. The number of pyridine rings is 1. The quantitative estimate of drug-likeness (QED) is 0.255. The molecule has 4 N–H and O–H groups in total. The number of fused-ring (bicyclic) bond motifs is 1. The van der Waals surface area contributed by atoms with Gasteiger partial charge in [0.15, 0.2) is 0 Å². The zero-order valence-corrected chi connectivity index (χ0v) is 30.0. The normalized spacial score (nSPS) is 23.3. The number of aromatic nitrogens is 1. The minimum atomic E-state index is -0.688. The predicted molar refractivity (Wildman–Crippen MR) is 194 cm³/mol. The van der Waals surface area contributed by atoms with Gasteiger partial charge < -0.3 is 30.1 Å². The van der Waals surface area contributed by atoms with E-state index in [4.69, 9.17) is 9.47 Å². The molecule has 0 bridgehead atoms. The predicted octanol–water partition coefficient (Wildman–Crippen LogP) is 4.49. The van der Waals surface area contributed by atoms with Gasteiger partial charge >= 0.3 is 0 Å². The summed E-state index contributed by atoms with van der Waals surface area (Å²) in [5.41, 5.74) is 2.80. The van der Waals surface area contributed by atoms with Gasteiger partial charge in [-0.05, 0) is 73.4 Å². The van der Waals surface area contributed by atoms with Crippen molar-refractivity contribution in [2.75, 3.05) is 57.9 Å². The van der Waals surface area contributed by atoms with E-state index in [0.29, 0.717) is 43.6 Å². The van der Waals surface area contributed by atoms with Gasteiger partial charge in [-0.2, -0.15) is 0 Å². The van der Waals surface area contributed by atoms with Crippen LogP contribution in [-0.2, 0) is 22.5 Å². The van der Waals surface area contributed by atoms with E-state index in [1.807, 2.05) is 11.8 Å². The number of benzene rings is 1. The molecule has 50 heavy (non-hydrogen) atoms. The van der Waals surface area contributed by atoms with Crippen LogP contribution in [0, 0.1) is 5.92 Å².